The summed E-state index contributed by atoms with van der Waals surface area (Å²) in [6.45, 7) is -0.109. The van der Waals surface area contributed by atoms with Gasteiger partial charge >= 0.3 is 0 Å². The zero-order valence-corrected chi connectivity index (χ0v) is 13.3. The van der Waals surface area contributed by atoms with E-state index in [0.717, 1.165) is 12.1 Å². The molecule has 3 amide bonds. The van der Waals surface area contributed by atoms with E-state index >= 15 is 0 Å². The van der Waals surface area contributed by atoms with Crippen LogP contribution in [0.5, 0.6) is 0 Å². The number of hydrogen-bond donors (Lipinski definition) is 3. The molecule has 2 aromatic rings. The molecule has 0 spiro atoms. The number of carbonyl (C=O) groups is 3. The first-order valence-corrected chi connectivity index (χ1v) is 7.56. The Kier molecular flexibility index (Phi) is 6.58. The Balaban J connectivity index is 1.64. The number of pyridine rings is 1. The van der Waals surface area contributed by atoms with Crippen LogP contribution in [0.4, 0.5) is 10.2 Å². The van der Waals surface area contributed by atoms with Gasteiger partial charge in [0.05, 0.1) is 6.54 Å². The summed E-state index contributed by atoms with van der Waals surface area (Å²) in [6.07, 6.45) is 1.63. The molecule has 1 aromatic heterocycles. The third-order valence-electron chi connectivity index (χ3n) is 3.12. The minimum absolute atomic E-state index is 0.0776. The van der Waals surface area contributed by atoms with Gasteiger partial charge in [-0.05, 0) is 36.4 Å². The molecule has 3 N–H and O–H groups in total. The molecule has 0 aliphatic rings. The Labute approximate surface area is 143 Å². The Hall–Kier alpha value is -3.29. The molecule has 8 heteroatoms. The van der Waals surface area contributed by atoms with Gasteiger partial charge in [0, 0.05) is 24.7 Å². The van der Waals surface area contributed by atoms with E-state index in [4.69, 9.17) is 0 Å². The van der Waals surface area contributed by atoms with Crippen LogP contribution in [0.2, 0.25) is 0 Å². The molecule has 0 unspecified atom stereocenters. The fourth-order valence-electron chi connectivity index (χ4n) is 1.88. The van der Waals surface area contributed by atoms with Crippen LogP contribution in [-0.2, 0) is 9.59 Å². The Morgan fingerprint density at radius 1 is 0.960 bits per heavy atom. The lowest BCUT2D eigenvalue weighted by Gasteiger charge is -2.07. The molecule has 0 bridgehead atoms. The highest BCUT2D eigenvalue weighted by Crippen LogP contribution is 2.02. The first-order valence-electron chi connectivity index (χ1n) is 7.56. The van der Waals surface area contributed by atoms with Crippen molar-refractivity contribution in [2.75, 3.05) is 18.4 Å². The second-order valence-electron chi connectivity index (χ2n) is 5.05. The molecular formula is C17H17FN4O3. The van der Waals surface area contributed by atoms with Crippen molar-refractivity contribution < 1.29 is 18.8 Å². The molecular weight excluding hydrogens is 327 g/mol. The topological polar surface area (TPSA) is 100 Å². The quantitative estimate of drug-likeness (QED) is 0.700. The van der Waals surface area contributed by atoms with Gasteiger partial charge in [-0.25, -0.2) is 9.37 Å². The number of aromatic nitrogens is 1. The maximum absolute atomic E-state index is 12.8. The highest BCUT2D eigenvalue weighted by atomic mass is 19.1. The lowest BCUT2D eigenvalue weighted by atomic mass is 10.2. The number of anilines is 1. The van der Waals surface area contributed by atoms with Gasteiger partial charge in [-0.2, -0.15) is 0 Å². The van der Waals surface area contributed by atoms with Crippen LogP contribution in [-0.4, -0.2) is 35.8 Å². The second-order valence-corrected chi connectivity index (χ2v) is 5.05. The van der Waals surface area contributed by atoms with Crippen LogP contribution < -0.4 is 16.0 Å². The fraction of sp³-hybridized carbons (Fsp3) is 0.176. The second kappa shape index (κ2) is 9.11. The van der Waals surface area contributed by atoms with Crippen molar-refractivity contribution in [3.8, 4) is 0 Å². The molecule has 130 valence electrons. The molecule has 1 aromatic carbocycles. The third-order valence-corrected chi connectivity index (χ3v) is 3.12. The van der Waals surface area contributed by atoms with Crippen molar-refractivity contribution >= 4 is 23.5 Å². The Morgan fingerprint density at radius 3 is 2.40 bits per heavy atom. The van der Waals surface area contributed by atoms with Gasteiger partial charge in [0.1, 0.15) is 11.6 Å². The summed E-state index contributed by atoms with van der Waals surface area (Å²) in [7, 11) is 0. The molecule has 0 fully saturated rings. The summed E-state index contributed by atoms with van der Waals surface area (Å²) in [5.74, 6) is -1.21. The van der Waals surface area contributed by atoms with Gasteiger partial charge in [0.2, 0.25) is 11.8 Å². The largest absolute Gasteiger partial charge is 0.354 e. The molecule has 0 atom stereocenters. The predicted molar refractivity (Wildman–Crippen MR) is 89.2 cm³/mol. The lowest BCUT2D eigenvalue weighted by Crippen LogP contribution is -2.38. The van der Waals surface area contributed by atoms with Crippen molar-refractivity contribution in [3.05, 3.63) is 60.0 Å². The summed E-state index contributed by atoms with van der Waals surface area (Å²) in [6, 6.07) is 10.1. The zero-order valence-electron chi connectivity index (χ0n) is 13.3. The van der Waals surface area contributed by atoms with E-state index in [1.807, 2.05) is 0 Å². The molecule has 1 heterocycles. The minimum atomic E-state index is -0.483. The standard InChI is InChI=1S/C17H17FN4O3/c18-13-6-4-12(5-7-13)17(25)21-11-16(24)20-10-8-15(23)22-14-3-1-2-9-19-14/h1-7,9H,8,10-11H2,(H,20,24)(H,21,25)(H,19,22,23). The number of amides is 3. The molecule has 25 heavy (non-hydrogen) atoms. The number of hydrogen-bond acceptors (Lipinski definition) is 4. The van der Waals surface area contributed by atoms with Gasteiger partial charge in [-0.3, -0.25) is 14.4 Å². The molecule has 0 aliphatic heterocycles. The lowest BCUT2D eigenvalue weighted by molar-refractivity contribution is -0.120. The highest BCUT2D eigenvalue weighted by molar-refractivity contribution is 5.96. The maximum atomic E-state index is 12.8. The number of carbonyl (C=O) groups excluding carboxylic acids is 3. The molecule has 0 aliphatic carbocycles. The monoisotopic (exact) mass is 344 g/mol. The van der Waals surface area contributed by atoms with Crippen molar-refractivity contribution in [3.63, 3.8) is 0 Å². The normalized spacial score (nSPS) is 9.96. The summed E-state index contributed by atoms with van der Waals surface area (Å²) in [5, 5.41) is 7.52. The van der Waals surface area contributed by atoms with E-state index in [1.54, 1.807) is 24.4 Å². The van der Waals surface area contributed by atoms with E-state index in [-0.39, 0.29) is 31.0 Å². The number of nitrogens with zero attached hydrogens (tertiary/aromatic N) is 1. The van der Waals surface area contributed by atoms with Crippen LogP contribution in [0.3, 0.4) is 0 Å². The molecule has 0 saturated carbocycles. The van der Waals surface area contributed by atoms with Gasteiger partial charge in [0.25, 0.3) is 5.91 Å². The molecule has 2 rings (SSSR count). The average molecular weight is 344 g/mol. The first-order chi connectivity index (χ1) is 12.0. The van der Waals surface area contributed by atoms with Gasteiger partial charge < -0.3 is 16.0 Å². The predicted octanol–water partition coefficient (Wildman–Crippen LogP) is 1.10. The van der Waals surface area contributed by atoms with Gasteiger partial charge in [-0.1, -0.05) is 6.07 Å². The number of nitrogens with one attached hydrogen (secondary N) is 3. The van der Waals surface area contributed by atoms with E-state index in [9.17, 15) is 18.8 Å². The van der Waals surface area contributed by atoms with Gasteiger partial charge in [-0.15, -0.1) is 0 Å². The number of rotatable bonds is 7. The van der Waals surface area contributed by atoms with Crippen LogP contribution in [0.1, 0.15) is 16.8 Å². The van der Waals surface area contributed by atoms with Crippen LogP contribution in [0.15, 0.2) is 48.7 Å². The molecule has 0 radical (unpaired) electrons. The minimum Gasteiger partial charge on any atom is -0.354 e. The maximum Gasteiger partial charge on any atom is 0.251 e. The summed E-state index contributed by atoms with van der Waals surface area (Å²) >= 11 is 0. The van der Waals surface area contributed by atoms with Crippen LogP contribution >= 0.6 is 0 Å². The van der Waals surface area contributed by atoms with Crippen molar-refractivity contribution in [2.45, 2.75) is 6.42 Å². The third kappa shape index (κ3) is 6.38. The van der Waals surface area contributed by atoms with Crippen molar-refractivity contribution in [1.82, 2.24) is 15.6 Å². The highest BCUT2D eigenvalue weighted by Gasteiger charge is 2.09. The van der Waals surface area contributed by atoms with E-state index in [2.05, 4.69) is 20.9 Å². The van der Waals surface area contributed by atoms with E-state index < -0.39 is 17.6 Å². The number of halogens is 1. The Morgan fingerprint density at radius 2 is 1.72 bits per heavy atom. The average Bonchev–Trinajstić information content (AvgIpc) is 2.61. The molecule has 0 saturated heterocycles. The van der Waals surface area contributed by atoms with E-state index in [1.165, 1.54) is 12.1 Å². The zero-order chi connectivity index (χ0) is 18.1. The summed E-state index contributed by atoms with van der Waals surface area (Å²) in [4.78, 5) is 39.0. The van der Waals surface area contributed by atoms with Crippen molar-refractivity contribution in [1.29, 1.82) is 0 Å². The smallest absolute Gasteiger partial charge is 0.251 e. The van der Waals surface area contributed by atoms with Gasteiger partial charge in [0.15, 0.2) is 0 Å². The molecule has 7 nitrogen and oxygen atoms in total. The fourth-order valence-corrected chi connectivity index (χ4v) is 1.88. The van der Waals surface area contributed by atoms with E-state index in [0.29, 0.717) is 5.82 Å². The van der Waals surface area contributed by atoms with Crippen LogP contribution in [0, 0.1) is 5.82 Å². The van der Waals surface area contributed by atoms with Crippen LogP contribution in [0.25, 0.3) is 0 Å². The summed E-state index contributed by atoms with van der Waals surface area (Å²) in [5.41, 5.74) is 0.254. The number of benzene rings is 1. The Bertz CT molecular complexity index is 735. The summed E-state index contributed by atoms with van der Waals surface area (Å²) < 4.78 is 12.8. The first kappa shape index (κ1) is 18.1. The van der Waals surface area contributed by atoms with Crippen molar-refractivity contribution in [2.24, 2.45) is 0 Å². The SMILES string of the molecule is O=C(CNC(=O)c1ccc(F)cc1)NCCC(=O)Nc1ccccn1.